The van der Waals surface area contributed by atoms with Crippen LogP contribution in [0.2, 0.25) is 0 Å². The fourth-order valence-electron chi connectivity index (χ4n) is 2.62. The molecule has 2 N–H and O–H groups in total. The monoisotopic (exact) mass is 421 g/mol. The van der Waals surface area contributed by atoms with Crippen molar-refractivity contribution < 1.29 is 22.9 Å². The number of carbonyl (C=O) groups excluding carboxylic acids is 1. The SMILES string of the molecule is Cc1cc(S(=O)(=O)NC(C)C)ccc1OCC(=O)Nc1cccc([N+](=O)[O-])c1C. The number of rotatable bonds is 8. The third-order valence-electron chi connectivity index (χ3n) is 3.98. The average molecular weight is 421 g/mol. The number of benzene rings is 2. The van der Waals surface area contributed by atoms with Gasteiger partial charge in [0.05, 0.1) is 21.1 Å². The molecule has 0 unspecified atom stereocenters. The Kier molecular flexibility index (Phi) is 6.93. The van der Waals surface area contributed by atoms with E-state index in [0.29, 0.717) is 22.6 Å². The number of nitro groups is 1. The number of sulfonamides is 1. The summed E-state index contributed by atoms with van der Waals surface area (Å²) in [5, 5.41) is 13.6. The first-order valence-electron chi connectivity index (χ1n) is 8.81. The molecule has 29 heavy (non-hydrogen) atoms. The Morgan fingerprint density at radius 3 is 2.48 bits per heavy atom. The van der Waals surface area contributed by atoms with Gasteiger partial charge in [0.1, 0.15) is 5.75 Å². The molecule has 0 aliphatic carbocycles. The molecule has 9 nitrogen and oxygen atoms in total. The summed E-state index contributed by atoms with van der Waals surface area (Å²) in [7, 11) is -3.63. The minimum Gasteiger partial charge on any atom is -0.483 e. The van der Waals surface area contributed by atoms with Crippen molar-refractivity contribution in [3.8, 4) is 5.75 Å². The van der Waals surface area contributed by atoms with Crippen LogP contribution in [0, 0.1) is 24.0 Å². The van der Waals surface area contributed by atoms with Gasteiger partial charge in [0.15, 0.2) is 6.61 Å². The molecule has 1 amide bonds. The van der Waals surface area contributed by atoms with Crippen LogP contribution < -0.4 is 14.8 Å². The number of anilines is 1. The van der Waals surface area contributed by atoms with E-state index in [1.54, 1.807) is 33.8 Å². The molecule has 0 spiro atoms. The standard InChI is InChI=1S/C19H23N3O6S/c1-12(2)21-29(26,27)15-8-9-18(13(3)10-15)28-11-19(23)20-16-6-5-7-17(14(16)4)22(24)25/h5-10,12,21H,11H2,1-4H3,(H,20,23). The summed E-state index contributed by atoms with van der Waals surface area (Å²) in [5.41, 5.74) is 1.13. The molecule has 0 saturated heterocycles. The summed E-state index contributed by atoms with van der Waals surface area (Å²) >= 11 is 0. The largest absolute Gasteiger partial charge is 0.483 e. The van der Waals surface area contributed by atoms with Crippen LogP contribution in [0.25, 0.3) is 0 Å². The zero-order chi connectivity index (χ0) is 21.8. The lowest BCUT2D eigenvalue weighted by molar-refractivity contribution is -0.385. The van der Waals surface area contributed by atoms with Gasteiger partial charge < -0.3 is 10.1 Å². The molecule has 0 bridgehead atoms. The summed E-state index contributed by atoms with van der Waals surface area (Å²) in [6, 6.07) is 8.50. The molecule has 2 rings (SSSR count). The Hall–Kier alpha value is -2.98. The van der Waals surface area contributed by atoms with Crippen LogP contribution >= 0.6 is 0 Å². The predicted molar refractivity (Wildman–Crippen MR) is 109 cm³/mol. The van der Waals surface area contributed by atoms with Crippen molar-refractivity contribution in [1.82, 2.24) is 4.72 Å². The van der Waals surface area contributed by atoms with Gasteiger partial charge in [-0.05, 0) is 57.5 Å². The molecule has 2 aromatic rings. The van der Waals surface area contributed by atoms with Gasteiger partial charge in [-0.3, -0.25) is 14.9 Å². The fraction of sp³-hybridized carbons (Fsp3) is 0.316. The van der Waals surface area contributed by atoms with Crippen molar-refractivity contribution in [2.45, 2.75) is 38.6 Å². The summed E-state index contributed by atoms with van der Waals surface area (Å²) in [6.45, 7) is 6.34. The number of nitrogens with zero attached hydrogens (tertiary/aromatic N) is 1. The highest BCUT2D eigenvalue weighted by Crippen LogP contribution is 2.25. The maximum atomic E-state index is 12.2. The quantitative estimate of drug-likeness (QED) is 0.498. The van der Waals surface area contributed by atoms with E-state index < -0.39 is 20.9 Å². The van der Waals surface area contributed by atoms with Crippen LogP contribution in [-0.2, 0) is 14.8 Å². The molecule has 0 heterocycles. The summed E-state index contributed by atoms with van der Waals surface area (Å²) in [4.78, 5) is 22.7. The number of nitrogens with one attached hydrogen (secondary N) is 2. The van der Waals surface area contributed by atoms with Gasteiger partial charge in [0, 0.05) is 12.1 Å². The van der Waals surface area contributed by atoms with Gasteiger partial charge in [0.25, 0.3) is 11.6 Å². The first-order chi connectivity index (χ1) is 13.5. The Labute approximate surface area is 169 Å². The van der Waals surface area contributed by atoms with Gasteiger partial charge in [-0.2, -0.15) is 0 Å². The first kappa shape index (κ1) is 22.3. The van der Waals surface area contributed by atoms with Crippen LogP contribution in [0.15, 0.2) is 41.3 Å². The van der Waals surface area contributed by atoms with Crippen LogP contribution in [0.1, 0.15) is 25.0 Å². The maximum Gasteiger partial charge on any atom is 0.274 e. The minimum absolute atomic E-state index is 0.0913. The van der Waals surface area contributed by atoms with E-state index in [9.17, 15) is 23.3 Å². The van der Waals surface area contributed by atoms with Crippen molar-refractivity contribution in [3.63, 3.8) is 0 Å². The van der Waals surface area contributed by atoms with Crippen LogP contribution in [-0.4, -0.2) is 31.9 Å². The summed E-state index contributed by atoms with van der Waals surface area (Å²) in [6.07, 6.45) is 0. The molecule has 0 atom stereocenters. The van der Waals surface area contributed by atoms with Crippen molar-refractivity contribution >= 4 is 27.3 Å². The van der Waals surface area contributed by atoms with Crippen LogP contribution in [0.3, 0.4) is 0 Å². The van der Waals surface area contributed by atoms with E-state index in [1.165, 1.54) is 30.3 Å². The number of aryl methyl sites for hydroxylation is 1. The van der Waals surface area contributed by atoms with Crippen LogP contribution in [0.5, 0.6) is 5.75 Å². The third kappa shape index (κ3) is 5.75. The smallest absolute Gasteiger partial charge is 0.274 e. The van der Waals surface area contributed by atoms with E-state index in [1.807, 2.05) is 0 Å². The summed E-state index contributed by atoms with van der Waals surface area (Å²) in [5.74, 6) is -0.134. The molecule has 2 aromatic carbocycles. The maximum absolute atomic E-state index is 12.2. The normalized spacial score (nSPS) is 11.3. The van der Waals surface area contributed by atoms with E-state index >= 15 is 0 Å². The van der Waals surface area contributed by atoms with Crippen molar-refractivity contribution in [1.29, 1.82) is 0 Å². The van der Waals surface area contributed by atoms with Crippen molar-refractivity contribution in [3.05, 3.63) is 57.6 Å². The number of nitro benzene ring substituents is 1. The Bertz CT molecular complexity index is 1030. The van der Waals surface area contributed by atoms with Crippen molar-refractivity contribution in [2.24, 2.45) is 0 Å². The molecule has 0 aliphatic rings. The molecule has 156 valence electrons. The second-order valence-corrected chi connectivity index (χ2v) is 8.46. The third-order valence-corrected chi connectivity index (χ3v) is 5.64. The molecular formula is C19H23N3O6S. The van der Waals surface area contributed by atoms with Gasteiger partial charge in [-0.25, -0.2) is 13.1 Å². The zero-order valence-electron chi connectivity index (χ0n) is 16.6. The number of carbonyl (C=O) groups is 1. The zero-order valence-corrected chi connectivity index (χ0v) is 17.4. The van der Waals surface area contributed by atoms with E-state index in [0.717, 1.165) is 0 Å². The molecule has 0 aliphatic heterocycles. The van der Waals surface area contributed by atoms with E-state index in [-0.39, 0.29) is 23.2 Å². The Morgan fingerprint density at radius 1 is 1.21 bits per heavy atom. The minimum atomic E-state index is -3.63. The lowest BCUT2D eigenvalue weighted by Gasteiger charge is -2.13. The second-order valence-electron chi connectivity index (χ2n) is 6.75. The lowest BCUT2D eigenvalue weighted by Crippen LogP contribution is -2.30. The van der Waals surface area contributed by atoms with E-state index in [4.69, 9.17) is 4.74 Å². The van der Waals surface area contributed by atoms with Crippen LogP contribution in [0.4, 0.5) is 11.4 Å². The highest BCUT2D eigenvalue weighted by Gasteiger charge is 2.18. The Balaban J connectivity index is 2.06. The van der Waals surface area contributed by atoms with Gasteiger partial charge >= 0.3 is 0 Å². The Morgan fingerprint density at radius 2 is 1.90 bits per heavy atom. The van der Waals surface area contributed by atoms with Gasteiger partial charge in [-0.1, -0.05) is 6.07 Å². The number of ether oxygens (including phenoxy) is 1. The number of hydrogen-bond acceptors (Lipinski definition) is 6. The average Bonchev–Trinajstić information content (AvgIpc) is 2.61. The number of hydrogen-bond donors (Lipinski definition) is 2. The van der Waals surface area contributed by atoms with E-state index in [2.05, 4.69) is 10.0 Å². The molecule has 0 saturated carbocycles. The predicted octanol–water partition coefficient (Wildman–Crippen LogP) is 2.92. The molecular weight excluding hydrogens is 398 g/mol. The molecule has 10 heteroatoms. The second kappa shape index (κ2) is 9.01. The first-order valence-corrected chi connectivity index (χ1v) is 10.3. The number of amides is 1. The van der Waals surface area contributed by atoms with Gasteiger partial charge in [-0.15, -0.1) is 0 Å². The fourth-order valence-corrected chi connectivity index (χ4v) is 3.95. The molecule has 0 aromatic heterocycles. The lowest BCUT2D eigenvalue weighted by atomic mass is 10.1. The van der Waals surface area contributed by atoms with Crippen molar-refractivity contribution in [2.75, 3.05) is 11.9 Å². The molecule has 0 radical (unpaired) electrons. The topological polar surface area (TPSA) is 128 Å². The summed E-state index contributed by atoms with van der Waals surface area (Å²) < 4.78 is 32.4. The highest BCUT2D eigenvalue weighted by molar-refractivity contribution is 7.89. The van der Waals surface area contributed by atoms with Gasteiger partial charge in [0.2, 0.25) is 10.0 Å². The highest BCUT2D eigenvalue weighted by atomic mass is 32.2. The molecule has 0 fully saturated rings.